The Morgan fingerprint density at radius 1 is 1.35 bits per heavy atom. The maximum Gasteiger partial charge on any atom is 0.238 e. The molecule has 1 aliphatic rings. The lowest BCUT2D eigenvalue weighted by Crippen LogP contribution is -2.24. The van der Waals surface area contributed by atoms with E-state index >= 15 is 0 Å². The van der Waals surface area contributed by atoms with Gasteiger partial charge in [0.25, 0.3) is 0 Å². The average Bonchev–Trinajstić information content (AvgIpc) is 2.56. The number of anilines is 1. The Kier molecular flexibility index (Phi) is 5.25. The van der Waals surface area contributed by atoms with Gasteiger partial charge in [0.15, 0.2) is 0 Å². The Hall–Kier alpha value is -1.50. The number of thioether (sulfide) groups is 2. The Labute approximate surface area is 148 Å². The number of hydrogen-bond acceptors (Lipinski definition) is 5. The van der Waals surface area contributed by atoms with Gasteiger partial charge in [-0.3, -0.25) is 4.79 Å². The van der Waals surface area contributed by atoms with E-state index in [4.69, 9.17) is 11.6 Å². The van der Waals surface area contributed by atoms with E-state index in [1.807, 2.05) is 25.1 Å². The van der Waals surface area contributed by atoms with Crippen LogP contribution in [0.1, 0.15) is 12.5 Å². The smallest absolute Gasteiger partial charge is 0.238 e. The number of para-hydroxylation sites is 1. The topological polar surface area (TPSA) is 54.4 Å². The number of aromatic nitrogens is 1. The molecule has 1 aromatic heterocycles. The molecule has 0 aliphatic carbocycles. The first kappa shape index (κ1) is 16.4. The standard InChI is InChI=1S/C16H14ClN3OS2/c1-10(15(21)20-14-7-6-12(17)8-18-14)23-16-19-13-5-3-2-4-11(13)9-22-16/h2-8,10H,9H2,1H3,(H,18,20,21). The Morgan fingerprint density at radius 2 is 2.17 bits per heavy atom. The van der Waals surface area contributed by atoms with Crippen LogP contribution in [0.15, 0.2) is 47.6 Å². The van der Waals surface area contributed by atoms with Gasteiger partial charge < -0.3 is 5.32 Å². The number of rotatable bonds is 3. The van der Waals surface area contributed by atoms with E-state index in [9.17, 15) is 4.79 Å². The van der Waals surface area contributed by atoms with Gasteiger partial charge in [-0.1, -0.05) is 53.3 Å². The first-order valence-corrected chi connectivity index (χ1v) is 9.24. The third-order valence-electron chi connectivity index (χ3n) is 3.18. The summed E-state index contributed by atoms with van der Waals surface area (Å²) in [6, 6.07) is 11.4. The van der Waals surface area contributed by atoms with Crippen LogP contribution in [-0.2, 0) is 10.5 Å². The lowest BCUT2D eigenvalue weighted by Gasteiger charge is -2.17. The van der Waals surface area contributed by atoms with Gasteiger partial charge >= 0.3 is 0 Å². The summed E-state index contributed by atoms with van der Waals surface area (Å²) in [5.41, 5.74) is 2.21. The van der Waals surface area contributed by atoms with Gasteiger partial charge in [0.05, 0.1) is 16.0 Å². The number of nitrogens with zero attached hydrogens (tertiary/aromatic N) is 2. The van der Waals surface area contributed by atoms with Gasteiger partial charge in [0.2, 0.25) is 5.91 Å². The summed E-state index contributed by atoms with van der Waals surface area (Å²) >= 11 is 8.90. The number of carbonyl (C=O) groups is 1. The van der Waals surface area contributed by atoms with Crippen LogP contribution < -0.4 is 5.32 Å². The second-order valence-electron chi connectivity index (χ2n) is 4.91. The number of carbonyl (C=O) groups excluding carboxylic acids is 1. The number of fused-ring (bicyclic) bond motifs is 1. The fraction of sp³-hybridized carbons (Fsp3) is 0.188. The predicted molar refractivity (Wildman–Crippen MR) is 99.8 cm³/mol. The molecule has 7 heteroatoms. The zero-order valence-electron chi connectivity index (χ0n) is 12.3. The molecule has 1 atom stereocenters. The summed E-state index contributed by atoms with van der Waals surface area (Å²) < 4.78 is 0.912. The highest BCUT2D eigenvalue weighted by atomic mass is 35.5. The third kappa shape index (κ3) is 4.28. The summed E-state index contributed by atoms with van der Waals surface area (Å²) in [7, 11) is 0. The summed E-state index contributed by atoms with van der Waals surface area (Å²) in [6.45, 7) is 1.86. The molecule has 2 aromatic rings. The molecule has 118 valence electrons. The minimum Gasteiger partial charge on any atom is -0.310 e. The van der Waals surface area contributed by atoms with E-state index in [2.05, 4.69) is 21.4 Å². The number of hydrogen-bond donors (Lipinski definition) is 1. The van der Waals surface area contributed by atoms with Crippen molar-refractivity contribution in [3.8, 4) is 0 Å². The van der Waals surface area contributed by atoms with Crippen LogP contribution in [0.3, 0.4) is 0 Å². The number of amides is 1. The molecule has 1 N–H and O–H groups in total. The second kappa shape index (κ2) is 7.38. The molecule has 0 bridgehead atoms. The molecule has 0 fully saturated rings. The molecule has 1 aliphatic heterocycles. The third-order valence-corrected chi connectivity index (χ3v) is 5.70. The van der Waals surface area contributed by atoms with Gasteiger partial charge in [-0.25, -0.2) is 9.98 Å². The van der Waals surface area contributed by atoms with Crippen molar-refractivity contribution in [2.24, 2.45) is 4.99 Å². The Morgan fingerprint density at radius 3 is 2.96 bits per heavy atom. The van der Waals surface area contributed by atoms with E-state index in [1.54, 1.807) is 23.9 Å². The fourth-order valence-electron chi connectivity index (χ4n) is 1.95. The van der Waals surface area contributed by atoms with Gasteiger partial charge in [-0.2, -0.15) is 0 Å². The van der Waals surface area contributed by atoms with Crippen molar-refractivity contribution >= 4 is 56.9 Å². The number of aliphatic imine (C=N–C) groups is 1. The number of halogens is 1. The van der Waals surface area contributed by atoms with Crippen LogP contribution >= 0.6 is 35.1 Å². The summed E-state index contributed by atoms with van der Waals surface area (Å²) in [6.07, 6.45) is 1.51. The zero-order chi connectivity index (χ0) is 16.2. The molecule has 23 heavy (non-hydrogen) atoms. The quantitative estimate of drug-likeness (QED) is 0.856. The van der Waals surface area contributed by atoms with Crippen molar-refractivity contribution < 1.29 is 4.79 Å². The van der Waals surface area contributed by atoms with Crippen molar-refractivity contribution in [1.29, 1.82) is 0 Å². The van der Waals surface area contributed by atoms with Crippen molar-refractivity contribution in [3.05, 3.63) is 53.2 Å². The minimum atomic E-state index is -0.260. The van der Waals surface area contributed by atoms with Crippen LogP contribution in [-0.4, -0.2) is 20.5 Å². The summed E-state index contributed by atoms with van der Waals surface area (Å²) in [5, 5.41) is 3.06. The molecule has 1 aromatic carbocycles. The molecule has 1 amide bonds. The highest BCUT2D eigenvalue weighted by Gasteiger charge is 2.20. The summed E-state index contributed by atoms with van der Waals surface area (Å²) in [5.74, 6) is 1.28. The van der Waals surface area contributed by atoms with Gasteiger partial charge in [0, 0.05) is 11.9 Å². The van der Waals surface area contributed by atoms with Gasteiger partial charge in [0.1, 0.15) is 10.2 Å². The van der Waals surface area contributed by atoms with E-state index < -0.39 is 0 Å². The normalized spacial score (nSPS) is 14.6. The lowest BCUT2D eigenvalue weighted by molar-refractivity contribution is -0.115. The number of pyridine rings is 1. The fourth-order valence-corrected chi connectivity index (χ4v) is 4.25. The van der Waals surface area contributed by atoms with Crippen LogP contribution in [0.25, 0.3) is 0 Å². The van der Waals surface area contributed by atoms with E-state index in [0.29, 0.717) is 10.8 Å². The first-order valence-electron chi connectivity index (χ1n) is 7.00. The highest BCUT2D eigenvalue weighted by Crippen LogP contribution is 2.35. The Balaban J connectivity index is 1.63. The SMILES string of the molecule is CC(SC1=Nc2ccccc2CS1)C(=O)Nc1ccc(Cl)cn1. The van der Waals surface area contributed by atoms with Crippen LogP contribution in [0.2, 0.25) is 5.02 Å². The number of nitrogens with one attached hydrogen (secondary N) is 1. The van der Waals surface area contributed by atoms with E-state index in [-0.39, 0.29) is 11.2 Å². The van der Waals surface area contributed by atoms with Crippen LogP contribution in [0.4, 0.5) is 11.5 Å². The molecule has 0 spiro atoms. The van der Waals surface area contributed by atoms with Gasteiger partial charge in [-0.15, -0.1) is 0 Å². The van der Waals surface area contributed by atoms with Crippen molar-refractivity contribution in [1.82, 2.24) is 4.98 Å². The van der Waals surface area contributed by atoms with Gasteiger partial charge in [-0.05, 0) is 30.7 Å². The highest BCUT2D eigenvalue weighted by molar-refractivity contribution is 8.39. The molecule has 0 saturated carbocycles. The number of benzene rings is 1. The molecule has 0 saturated heterocycles. The largest absolute Gasteiger partial charge is 0.310 e. The first-order chi connectivity index (χ1) is 11.1. The van der Waals surface area contributed by atoms with Crippen LogP contribution in [0.5, 0.6) is 0 Å². The molecule has 2 heterocycles. The van der Waals surface area contributed by atoms with Crippen molar-refractivity contribution in [3.63, 3.8) is 0 Å². The molecule has 1 unspecified atom stereocenters. The van der Waals surface area contributed by atoms with Crippen molar-refractivity contribution in [2.75, 3.05) is 5.32 Å². The molecular weight excluding hydrogens is 350 g/mol. The second-order valence-corrected chi connectivity index (χ2v) is 7.89. The van der Waals surface area contributed by atoms with Crippen LogP contribution in [0, 0.1) is 0 Å². The Bertz CT molecular complexity index is 749. The van der Waals surface area contributed by atoms with E-state index in [1.165, 1.54) is 23.5 Å². The maximum atomic E-state index is 12.2. The summed E-state index contributed by atoms with van der Waals surface area (Å²) in [4.78, 5) is 20.9. The van der Waals surface area contributed by atoms with Crippen molar-refractivity contribution in [2.45, 2.75) is 17.9 Å². The predicted octanol–water partition coefficient (Wildman–Crippen LogP) is 4.73. The molecule has 3 rings (SSSR count). The minimum absolute atomic E-state index is 0.105. The molecular formula is C16H14ClN3OS2. The molecule has 0 radical (unpaired) electrons. The monoisotopic (exact) mass is 363 g/mol. The lowest BCUT2D eigenvalue weighted by atomic mass is 10.2. The van der Waals surface area contributed by atoms with E-state index in [0.717, 1.165) is 15.8 Å². The molecule has 4 nitrogen and oxygen atoms in total. The average molecular weight is 364 g/mol. The zero-order valence-corrected chi connectivity index (χ0v) is 14.7. The maximum absolute atomic E-state index is 12.2.